The Hall–Kier alpha value is -2.78. The number of aliphatic hydroxyl groups excluding tert-OH is 1. The van der Waals surface area contributed by atoms with Crippen molar-refractivity contribution in [1.82, 2.24) is 4.90 Å². The van der Waals surface area contributed by atoms with E-state index in [9.17, 15) is 19.5 Å². The molecule has 3 aliphatic heterocycles. The highest BCUT2D eigenvalue weighted by atomic mass is 32.2. The van der Waals surface area contributed by atoms with Crippen LogP contribution in [0.15, 0.2) is 49.6 Å². The third-order valence-electron chi connectivity index (χ3n) is 8.52. The number of thioether (sulfide) groups is 1. The van der Waals surface area contributed by atoms with Crippen LogP contribution < -0.4 is 9.64 Å². The average molecular weight is 557 g/mol. The largest absolute Gasteiger partial charge is 0.497 e. The minimum absolute atomic E-state index is 0.0165. The van der Waals surface area contributed by atoms with E-state index >= 15 is 0 Å². The second-order valence-corrected chi connectivity index (χ2v) is 12.1. The molecule has 9 heteroatoms. The van der Waals surface area contributed by atoms with E-state index in [1.54, 1.807) is 53.0 Å². The highest BCUT2D eigenvalue weighted by molar-refractivity contribution is 8.02. The Morgan fingerprint density at radius 3 is 2.59 bits per heavy atom. The topological polar surface area (TPSA) is 96.4 Å². The molecule has 0 radical (unpaired) electrons. The minimum atomic E-state index is -0.835. The molecule has 8 nitrogen and oxygen atoms in total. The molecule has 7 atom stereocenters. The van der Waals surface area contributed by atoms with Crippen molar-refractivity contribution in [2.24, 2.45) is 17.8 Å². The van der Waals surface area contributed by atoms with Gasteiger partial charge in [0.1, 0.15) is 11.8 Å². The van der Waals surface area contributed by atoms with Gasteiger partial charge >= 0.3 is 5.97 Å². The molecular weight excluding hydrogens is 516 g/mol. The highest BCUT2D eigenvalue weighted by Gasteiger charge is 2.77. The summed E-state index contributed by atoms with van der Waals surface area (Å²) in [6.07, 6.45) is 6.06. The van der Waals surface area contributed by atoms with Crippen molar-refractivity contribution in [3.05, 3.63) is 49.6 Å². The van der Waals surface area contributed by atoms with Gasteiger partial charge < -0.3 is 24.4 Å². The summed E-state index contributed by atoms with van der Waals surface area (Å²) in [5.41, 5.74) is 0.661. The van der Waals surface area contributed by atoms with Crippen LogP contribution in [0.1, 0.15) is 39.5 Å². The van der Waals surface area contributed by atoms with Crippen molar-refractivity contribution in [3.63, 3.8) is 0 Å². The number of esters is 1. The first-order chi connectivity index (χ1) is 18.8. The van der Waals surface area contributed by atoms with E-state index < -0.39 is 28.7 Å². The third-order valence-corrected chi connectivity index (χ3v) is 10.6. The van der Waals surface area contributed by atoms with E-state index in [4.69, 9.17) is 9.47 Å². The lowest BCUT2D eigenvalue weighted by atomic mass is 9.66. The van der Waals surface area contributed by atoms with Gasteiger partial charge in [0.25, 0.3) is 5.91 Å². The predicted octanol–water partition coefficient (Wildman–Crippen LogP) is 3.83. The zero-order valence-corrected chi connectivity index (χ0v) is 23.9. The normalized spacial score (nSPS) is 29.6. The Morgan fingerprint density at radius 1 is 1.28 bits per heavy atom. The van der Waals surface area contributed by atoms with Crippen LogP contribution in [-0.2, 0) is 19.1 Å². The number of likely N-dealkylation sites (tertiary alicyclic amines) is 1. The molecule has 3 heterocycles. The summed E-state index contributed by atoms with van der Waals surface area (Å²) in [4.78, 5) is 45.5. The highest BCUT2D eigenvalue weighted by Crippen LogP contribution is 2.69. The summed E-state index contributed by atoms with van der Waals surface area (Å²) in [6, 6.07) is 5.83. The SMILES string of the molecule is C=CCCCOC(=O)[C@@H]1[C@H]2C(=O)N([C@@H](CC)CO)C(C(=O)N(CC=C)c3ccc(OC)cc3)C23S[C@@H]1CC3C. The number of carbonyl (C=O) groups excluding carboxylic acids is 3. The van der Waals surface area contributed by atoms with E-state index in [2.05, 4.69) is 20.1 Å². The van der Waals surface area contributed by atoms with Crippen LogP contribution in [0.25, 0.3) is 0 Å². The molecule has 3 saturated heterocycles. The summed E-state index contributed by atoms with van der Waals surface area (Å²) < 4.78 is 10.1. The van der Waals surface area contributed by atoms with Gasteiger partial charge in [-0.15, -0.1) is 24.9 Å². The van der Waals surface area contributed by atoms with Gasteiger partial charge in [0.15, 0.2) is 0 Å². The molecular formula is C30H40N2O6S. The second-order valence-electron chi connectivity index (χ2n) is 10.6. The Labute approximate surface area is 235 Å². The first-order valence-corrected chi connectivity index (χ1v) is 14.6. The standard InChI is InChI=1S/C30H40N2O6S/c1-6-9-10-16-38-29(36)24-23-17-19(4)30(39-23)25(24)27(34)32(20(8-3)18-33)26(30)28(35)31(15-7-2)21-11-13-22(37-5)14-12-21/h6-7,11-14,19-20,23-26,33H,1-2,8-10,15-18H2,3-5H3/t19?,20-,23+,24-,25-,26?,30?/m0/s1. The van der Waals surface area contributed by atoms with Crippen molar-refractivity contribution in [3.8, 4) is 5.75 Å². The Bertz CT molecular complexity index is 1090. The molecule has 0 saturated carbocycles. The zero-order valence-electron chi connectivity index (χ0n) is 23.1. The van der Waals surface area contributed by atoms with Gasteiger partial charge in [0.2, 0.25) is 5.91 Å². The van der Waals surface area contributed by atoms with Gasteiger partial charge in [0.05, 0.1) is 42.9 Å². The number of anilines is 1. The molecule has 3 fully saturated rings. The summed E-state index contributed by atoms with van der Waals surface area (Å²) >= 11 is 1.60. The summed E-state index contributed by atoms with van der Waals surface area (Å²) in [5.74, 6) is -1.46. The number of allylic oxidation sites excluding steroid dienone is 1. The van der Waals surface area contributed by atoms with Crippen molar-refractivity contribution in [2.75, 3.05) is 31.8 Å². The predicted molar refractivity (Wildman–Crippen MR) is 153 cm³/mol. The summed E-state index contributed by atoms with van der Waals surface area (Å²) in [7, 11) is 1.58. The molecule has 39 heavy (non-hydrogen) atoms. The number of nitrogens with zero attached hydrogens (tertiary/aromatic N) is 2. The van der Waals surface area contributed by atoms with E-state index in [1.165, 1.54) is 0 Å². The smallest absolute Gasteiger partial charge is 0.310 e. The van der Waals surface area contributed by atoms with Crippen LogP contribution in [0.5, 0.6) is 5.75 Å². The first-order valence-electron chi connectivity index (χ1n) is 13.7. The quantitative estimate of drug-likeness (QED) is 0.224. The number of fused-ring (bicyclic) bond motifs is 1. The van der Waals surface area contributed by atoms with Crippen molar-refractivity contribution in [2.45, 2.75) is 61.6 Å². The molecule has 1 N–H and O–H groups in total. The number of amides is 2. The fourth-order valence-electron chi connectivity index (χ4n) is 6.67. The van der Waals surface area contributed by atoms with Gasteiger partial charge in [0, 0.05) is 17.5 Å². The fraction of sp³-hybridized carbons (Fsp3) is 0.567. The maximum atomic E-state index is 14.6. The monoisotopic (exact) mass is 556 g/mol. The molecule has 212 valence electrons. The number of ether oxygens (including phenoxy) is 2. The van der Waals surface area contributed by atoms with Gasteiger partial charge in [-0.25, -0.2) is 0 Å². The molecule has 1 aromatic carbocycles. The Kier molecular flexibility index (Phi) is 9.11. The van der Waals surface area contributed by atoms with E-state index in [0.29, 0.717) is 24.3 Å². The van der Waals surface area contributed by atoms with Crippen molar-refractivity contribution < 1.29 is 29.0 Å². The van der Waals surface area contributed by atoms with Gasteiger partial charge in [-0.05, 0) is 55.9 Å². The number of aliphatic hydroxyl groups is 1. The molecule has 0 aliphatic carbocycles. The van der Waals surface area contributed by atoms with Gasteiger partial charge in [-0.3, -0.25) is 14.4 Å². The second kappa shape index (κ2) is 12.2. The first kappa shape index (κ1) is 29.2. The van der Waals surface area contributed by atoms with Crippen LogP contribution in [0.2, 0.25) is 0 Å². The van der Waals surface area contributed by atoms with Crippen LogP contribution in [0, 0.1) is 17.8 Å². The number of benzene rings is 1. The summed E-state index contributed by atoms with van der Waals surface area (Å²) in [5, 5.41) is 10.2. The van der Waals surface area contributed by atoms with Crippen LogP contribution >= 0.6 is 11.8 Å². The third kappa shape index (κ3) is 4.88. The molecule has 2 bridgehead atoms. The Morgan fingerprint density at radius 2 is 2.00 bits per heavy atom. The Balaban J connectivity index is 1.76. The number of carbonyl (C=O) groups is 3. The molecule has 4 rings (SSSR count). The lowest BCUT2D eigenvalue weighted by molar-refractivity contribution is -0.155. The lowest BCUT2D eigenvalue weighted by Gasteiger charge is -2.42. The van der Waals surface area contributed by atoms with Gasteiger partial charge in [-0.2, -0.15) is 0 Å². The maximum Gasteiger partial charge on any atom is 0.310 e. The van der Waals surface area contributed by atoms with E-state index in [0.717, 1.165) is 12.8 Å². The van der Waals surface area contributed by atoms with E-state index in [1.807, 2.05) is 19.1 Å². The molecule has 3 aliphatic rings. The number of rotatable bonds is 13. The minimum Gasteiger partial charge on any atom is -0.497 e. The molecule has 0 aromatic heterocycles. The number of hydrogen-bond donors (Lipinski definition) is 1. The number of unbranched alkanes of at least 4 members (excludes halogenated alkanes) is 1. The molecule has 1 spiro atoms. The van der Waals surface area contributed by atoms with E-state index in [-0.39, 0.29) is 48.7 Å². The molecule has 2 amide bonds. The lowest BCUT2D eigenvalue weighted by Crippen LogP contribution is -2.59. The number of methoxy groups -OCH3 is 1. The van der Waals surface area contributed by atoms with Crippen molar-refractivity contribution in [1.29, 1.82) is 0 Å². The molecule has 3 unspecified atom stereocenters. The van der Waals surface area contributed by atoms with Crippen LogP contribution in [0.3, 0.4) is 0 Å². The summed E-state index contributed by atoms with van der Waals surface area (Å²) in [6.45, 7) is 11.8. The van der Waals surface area contributed by atoms with Crippen molar-refractivity contribution >= 4 is 35.2 Å². The van der Waals surface area contributed by atoms with Crippen LogP contribution in [0.4, 0.5) is 5.69 Å². The maximum absolute atomic E-state index is 14.6. The number of hydrogen-bond acceptors (Lipinski definition) is 7. The van der Waals surface area contributed by atoms with Gasteiger partial charge in [-0.1, -0.05) is 26.0 Å². The molecule has 1 aromatic rings. The zero-order chi connectivity index (χ0) is 28.3. The average Bonchev–Trinajstić information content (AvgIpc) is 3.54. The fourth-order valence-corrected chi connectivity index (χ4v) is 9.06. The van der Waals surface area contributed by atoms with Crippen LogP contribution in [-0.4, -0.2) is 76.7 Å².